The quantitative estimate of drug-likeness (QED) is 0.717. The zero-order valence-corrected chi connectivity index (χ0v) is 12.9. The second kappa shape index (κ2) is 6.23. The van der Waals surface area contributed by atoms with Gasteiger partial charge >= 0.3 is 0 Å². The minimum Gasteiger partial charge on any atom is -0.289 e. The van der Waals surface area contributed by atoms with Gasteiger partial charge in [-0.3, -0.25) is 4.79 Å². The predicted octanol–water partition coefficient (Wildman–Crippen LogP) is 5.08. The summed E-state index contributed by atoms with van der Waals surface area (Å²) in [5.41, 5.74) is 3.60. The van der Waals surface area contributed by atoms with Crippen molar-refractivity contribution in [2.24, 2.45) is 5.92 Å². The monoisotopic (exact) mass is 286 g/mol. The molecule has 0 heterocycles. The second-order valence-corrected chi connectivity index (χ2v) is 6.02. The molecule has 20 heavy (non-hydrogen) atoms. The lowest BCUT2D eigenvalue weighted by Crippen LogP contribution is -2.04. The fraction of sp³-hybridized carbons (Fsp3) is 0.278. The van der Waals surface area contributed by atoms with E-state index in [-0.39, 0.29) is 5.78 Å². The second-order valence-electron chi connectivity index (χ2n) is 5.58. The zero-order chi connectivity index (χ0) is 14.7. The SMILES string of the molecule is Cc1ccc(Cl)cc1C(=O)c1ccc(CC(C)C)cc1. The van der Waals surface area contributed by atoms with Crippen LogP contribution in [0.2, 0.25) is 5.02 Å². The van der Waals surface area contributed by atoms with Crippen molar-refractivity contribution in [2.45, 2.75) is 27.2 Å². The van der Waals surface area contributed by atoms with Crippen molar-refractivity contribution in [3.8, 4) is 0 Å². The van der Waals surface area contributed by atoms with Crippen LogP contribution in [0.5, 0.6) is 0 Å². The minimum atomic E-state index is 0.0288. The molecule has 0 aliphatic rings. The third-order valence-corrected chi connectivity index (χ3v) is 3.54. The molecule has 0 fully saturated rings. The van der Waals surface area contributed by atoms with E-state index in [0.29, 0.717) is 22.1 Å². The molecular formula is C18H19ClO. The van der Waals surface area contributed by atoms with E-state index in [1.54, 1.807) is 12.1 Å². The number of carbonyl (C=O) groups is 1. The molecule has 0 aliphatic carbocycles. The van der Waals surface area contributed by atoms with E-state index in [2.05, 4.69) is 13.8 Å². The summed E-state index contributed by atoms with van der Waals surface area (Å²) in [6.45, 7) is 6.31. The van der Waals surface area contributed by atoms with Gasteiger partial charge in [-0.05, 0) is 42.5 Å². The number of aryl methyl sites for hydroxylation is 1. The summed E-state index contributed by atoms with van der Waals surface area (Å²) in [5, 5.41) is 0.593. The average Bonchev–Trinajstić information content (AvgIpc) is 2.41. The van der Waals surface area contributed by atoms with Crippen molar-refractivity contribution >= 4 is 17.4 Å². The Labute approximate surface area is 125 Å². The summed E-state index contributed by atoms with van der Waals surface area (Å²) < 4.78 is 0. The first-order valence-electron chi connectivity index (χ1n) is 6.87. The smallest absolute Gasteiger partial charge is 0.193 e. The summed E-state index contributed by atoms with van der Waals surface area (Å²) in [5.74, 6) is 0.646. The Morgan fingerprint density at radius 1 is 1.10 bits per heavy atom. The van der Waals surface area contributed by atoms with Crippen molar-refractivity contribution < 1.29 is 4.79 Å². The molecule has 0 unspecified atom stereocenters. The van der Waals surface area contributed by atoms with E-state index in [0.717, 1.165) is 12.0 Å². The molecule has 0 aliphatic heterocycles. The summed E-state index contributed by atoms with van der Waals surface area (Å²) in [7, 11) is 0. The van der Waals surface area contributed by atoms with Crippen LogP contribution in [-0.2, 0) is 6.42 Å². The first kappa shape index (κ1) is 14.8. The zero-order valence-electron chi connectivity index (χ0n) is 12.1. The fourth-order valence-corrected chi connectivity index (χ4v) is 2.43. The van der Waals surface area contributed by atoms with Crippen LogP contribution in [0.4, 0.5) is 0 Å². The van der Waals surface area contributed by atoms with Gasteiger partial charge in [0.05, 0.1) is 0 Å². The molecule has 104 valence electrons. The van der Waals surface area contributed by atoms with Gasteiger partial charge in [-0.15, -0.1) is 0 Å². The maximum absolute atomic E-state index is 12.5. The van der Waals surface area contributed by atoms with Gasteiger partial charge in [-0.2, -0.15) is 0 Å². The third-order valence-electron chi connectivity index (χ3n) is 3.30. The molecule has 0 atom stereocenters. The topological polar surface area (TPSA) is 17.1 Å². The van der Waals surface area contributed by atoms with E-state index in [1.165, 1.54) is 5.56 Å². The average molecular weight is 287 g/mol. The maximum atomic E-state index is 12.5. The molecule has 0 spiro atoms. The molecule has 2 aromatic rings. The van der Waals surface area contributed by atoms with E-state index in [9.17, 15) is 4.79 Å². The van der Waals surface area contributed by atoms with Gasteiger partial charge < -0.3 is 0 Å². The standard InChI is InChI=1S/C18H19ClO/c1-12(2)10-14-5-7-15(8-6-14)18(20)17-11-16(19)9-4-13(17)3/h4-9,11-12H,10H2,1-3H3. The number of carbonyl (C=O) groups excluding carboxylic acids is 1. The molecule has 1 nitrogen and oxygen atoms in total. The summed E-state index contributed by atoms with van der Waals surface area (Å²) in [4.78, 5) is 12.5. The van der Waals surface area contributed by atoms with Crippen molar-refractivity contribution in [3.05, 3.63) is 69.7 Å². The highest BCUT2D eigenvalue weighted by molar-refractivity contribution is 6.31. The molecule has 0 radical (unpaired) electrons. The number of hydrogen-bond acceptors (Lipinski definition) is 1. The van der Waals surface area contributed by atoms with Crippen LogP contribution in [0.25, 0.3) is 0 Å². The van der Waals surface area contributed by atoms with Gasteiger partial charge in [0.25, 0.3) is 0 Å². The lowest BCUT2D eigenvalue weighted by Gasteiger charge is -2.08. The molecule has 0 bridgehead atoms. The number of ketones is 1. The van der Waals surface area contributed by atoms with Crippen LogP contribution in [0.1, 0.15) is 40.9 Å². The van der Waals surface area contributed by atoms with Crippen molar-refractivity contribution in [2.75, 3.05) is 0 Å². The van der Waals surface area contributed by atoms with E-state index in [1.807, 2.05) is 37.3 Å². The fourth-order valence-electron chi connectivity index (χ4n) is 2.26. The molecule has 2 heteroatoms. The van der Waals surface area contributed by atoms with Gasteiger partial charge in [0.2, 0.25) is 0 Å². The van der Waals surface area contributed by atoms with Gasteiger partial charge in [-0.25, -0.2) is 0 Å². The van der Waals surface area contributed by atoms with E-state index >= 15 is 0 Å². The first-order valence-corrected chi connectivity index (χ1v) is 7.25. The maximum Gasteiger partial charge on any atom is 0.193 e. The summed E-state index contributed by atoms with van der Waals surface area (Å²) in [6.07, 6.45) is 1.03. The number of rotatable bonds is 4. The number of hydrogen-bond donors (Lipinski definition) is 0. The van der Waals surface area contributed by atoms with Crippen LogP contribution in [-0.4, -0.2) is 5.78 Å². The Morgan fingerprint density at radius 3 is 2.35 bits per heavy atom. The van der Waals surface area contributed by atoms with Crippen molar-refractivity contribution in [1.29, 1.82) is 0 Å². The van der Waals surface area contributed by atoms with Gasteiger partial charge in [0, 0.05) is 16.1 Å². The minimum absolute atomic E-state index is 0.0288. The lowest BCUT2D eigenvalue weighted by molar-refractivity contribution is 0.103. The van der Waals surface area contributed by atoms with E-state index < -0.39 is 0 Å². The Bertz CT molecular complexity index is 612. The highest BCUT2D eigenvalue weighted by atomic mass is 35.5. The highest BCUT2D eigenvalue weighted by Gasteiger charge is 2.12. The molecule has 0 amide bonds. The largest absolute Gasteiger partial charge is 0.289 e. The van der Waals surface area contributed by atoms with Crippen molar-refractivity contribution in [3.63, 3.8) is 0 Å². The molecule has 0 N–H and O–H groups in total. The third kappa shape index (κ3) is 3.49. The van der Waals surface area contributed by atoms with Crippen LogP contribution < -0.4 is 0 Å². The van der Waals surface area contributed by atoms with Crippen LogP contribution >= 0.6 is 11.6 Å². The first-order chi connectivity index (χ1) is 9.47. The number of benzene rings is 2. The van der Waals surface area contributed by atoms with Crippen LogP contribution in [0, 0.1) is 12.8 Å². The van der Waals surface area contributed by atoms with Crippen LogP contribution in [0.15, 0.2) is 42.5 Å². The predicted molar refractivity (Wildman–Crippen MR) is 84.6 cm³/mol. The van der Waals surface area contributed by atoms with Gasteiger partial charge in [0.1, 0.15) is 0 Å². The van der Waals surface area contributed by atoms with E-state index in [4.69, 9.17) is 11.6 Å². The Morgan fingerprint density at radius 2 is 1.75 bits per heavy atom. The van der Waals surface area contributed by atoms with Gasteiger partial charge in [-0.1, -0.05) is 55.8 Å². The Hall–Kier alpha value is -1.60. The normalized spacial score (nSPS) is 10.8. The van der Waals surface area contributed by atoms with Gasteiger partial charge in [0.15, 0.2) is 5.78 Å². The highest BCUT2D eigenvalue weighted by Crippen LogP contribution is 2.19. The number of halogens is 1. The molecule has 2 aromatic carbocycles. The molecular weight excluding hydrogens is 268 g/mol. The summed E-state index contributed by atoms with van der Waals surface area (Å²) >= 11 is 5.98. The Balaban J connectivity index is 2.27. The summed E-state index contributed by atoms with van der Waals surface area (Å²) in [6, 6.07) is 13.3. The molecule has 0 saturated carbocycles. The molecule has 0 saturated heterocycles. The molecule has 2 rings (SSSR count). The Kier molecular flexibility index (Phi) is 4.61. The lowest BCUT2D eigenvalue weighted by atomic mass is 9.96. The van der Waals surface area contributed by atoms with Crippen molar-refractivity contribution in [1.82, 2.24) is 0 Å². The van der Waals surface area contributed by atoms with Crippen LogP contribution in [0.3, 0.4) is 0 Å². The molecule has 0 aromatic heterocycles.